The fraction of sp³-hybridized carbons (Fsp3) is 0.387. The first-order chi connectivity index (χ1) is 17.9. The maximum atomic E-state index is 12.0. The molecule has 2 atom stereocenters. The molecule has 194 valence electrons. The standard InChI is InChI=1S/C31H37N3O3/c1-4-26-20-33(3)31-21(2)14-25(16-28(31)32-26)27(17-30(35)36)23-10-7-8-22(15-23)18-34-12-13-37-29-11-6-5-9-24(29)19-34/h5-11,14-16,26-27,32H,4,12-13,17-20H2,1-3H3,(H,35,36). The van der Waals surface area contributed by atoms with Gasteiger partial charge in [-0.25, -0.2) is 0 Å². The third-order valence-electron chi connectivity index (χ3n) is 7.62. The summed E-state index contributed by atoms with van der Waals surface area (Å²) >= 11 is 0. The highest BCUT2D eigenvalue weighted by Crippen LogP contribution is 2.39. The summed E-state index contributed by atoms with van der Waals surface area (Å²) in [6, 6.07) is 21.4. The van der Waals surface area contributed by atoms with E-state index in [1.807, 2.05) is 12.1 Å². The molecule has 0 bridgehead atoms. The van der Waals surface area contributed by atoms with Crippen LogP contribution in [0.4, 0.5) is 11.4 Å². The molecule has 6 heteroatoms. The average molecular weight is 500 g/mol. The topological polar surface area (TPSA) is 65.0 Å². The van der Waals surface area contributed by atoms with Gasteiger partial charge in [0.15, 0.2) is 0 Å². The molecule has 3 aromatic carbocycles. The molecule has 0 aliphatic carbocycles. The Kier molecular flexibility index (Phi) is 7.38. The SMILES string of the molecule is CCC1CN(C)c2c(C)cc(C(CC(=O)O)c3cccc(CN4CCOc5ccccc5C4)c3)cc2N1. The lowest BCUT2D eigenvalue weighted by atomic mass is 9.85. The Morgan fingerprint density at radius 3 is 2.78 bits per heavy atom. The molecule has 37 heavy (non-hydrogen) atoms. The van der Waals surface area contributed by atoms with Crippen molar-refractivity contribution in [3.8, 4) is 5.75 Å². The van der Waals surface area contributed by atoms with Gasteiger partial charge in [-0.3, -0.25) is 9.69 Å². The minimum atomic E-state index is -0.788. The van der Waals surface area contributed by atoms with Gasteiger partial charge in [0.2, 0.25) is 0 Å². The molecule has 0 radical (unpaired) electrons. The number of carboxylic acids is 1. The minimum Gasteiger partial charge on any atom is -0.492 e. The van der Waals surface area contributed by atoms with Crippen molar-refractivity contribution in [3.05, 3.63) is 88.5 Å². The quantitative estimate of drug-likeness (QED) is 0.439. The van der Waals surface area contributed by atoms with Gasteiger partial charge >= 0.3 is 5.97 Å². The Bertz CT molecular complexity index is 1270. The Morgan fingerprint density at radius 2 is 1.97 bits per heavy atom. The number of para-hydroxylation sites is 1. The Balaban J connectivity index is 1.43. The summed E-state index contributed by atoms with van der Waals surface area (Å²) in [6.45, 7) is 8.42. The van der Waals surface area contributed by atoms with Gasteiger partial charge in [0.1, 0.15) is 12.4 Å². The van der Waals surface area contributed by atoms with Crippen LogP contribution in [0.1, 0.15) is 53.5 Å². The van der Waals surface area contributed by atoms with Crippen LogP contribution >= 0.6 is 0 Å². The normalized spacial score (nSPS) is 18.1. The smallest absolute Gasteiger partial charge is 0.304 e. The summed E-state index contributed by atoms with van der Waals surface area (Å²) in [6.07, 6.45) is 1.10. The number of nitrogens with zero attached hydrogens (tertiary/aromatic N) is 2. The zero-order valence-corrected chi connectivity index (χ0v) is 22.0. The zero-order valence-electron chi connectivity index (χ0n) is 22.0. The van der Waals surface area contributed by atoms with Gasteiger partial charge < -0.3 is 20.1 Å². The van der Waals surface area contributed by atoms with E-state index < -0.39 is 5.97 Å². The number of anilines is 2. The van der Waals surface area contributed by atoms with E-state index >= 15 is 0 Å². The molecule has 0 saturated carbocycles. The van der Waals surface area contributed by atoms with Gasteiger partial charge in [0, 0.05) is 50.7 Å². The molecular weight excluding hydrogens is 462 g/mol. The number of likely N-dealkylation sites (N-methyl/N-ethyl adjacent to an activating group) is 1. The summed E-state index contributed by atoms with van der Waals surface area (Å²) in [7, 11) is 2.14. The van der Waals surface area contributed by atoms with Crippen LogP contribution in [0.5, 0.6) is 5.75 Å². The van der Waals surface area contributed by atoms with E-state index in [0.29, 0.717) is 12.6 Å². The number of nitrogens with one attached hydrogen (secondary N) is 1. The number of carbonyl (C=O) groups is 1. The van der Waals surface area contributed by atoms with Crippen LogP contribution in [-0.2, 0) is 17.9 Å². The first-order valence-electron chi connectivity index (χ1n) is 13.3. The van der Waals surface area contributed by atoms with E-state index in [1.165, 1.54) is 22.4 Å². The van der Waals surface area contributed by atoms with E-state index in [9.17, 15) is 9.90 Å². The summed E-state index contributed by atoms with van der Waals surface area (Å²) in [5.74, 6) is -0.0417. The van der Waals surface area contributed by atoms with E-state index in [-0.39, 0.29) is 12.3 Å². The Morgan fingerprint density at radius 1 is 1.14 bits per heavy atom. The van der Waals surface area contributed by atoms with Gasteiger partial charge in [-0.15, -0.1) is 0 Å². The van der Waals surface area contributed by atoms with E-state index in [2.05, 4.69) is 84.5 Å². The summed E-state index contributed by atoms with van der Waals surface area (Å²) in [5, 5.41) is 13.5. The number of aliphatic carboxylic acids is 1. The second-order valence-corrected chi connectivity index (χ2v) is 10.4. The maximum Gasteiger partial charge on any atom is 0.304 e. The molecule has 2 heterocycles. The molecule has 2 aliphatic rings. The highest BCUT2D eigenvalue weighted by atomic mass is 16.5. The van der Waals surface area contributed by atoms with Crippen LogP contribution in [-0.4, -0.2) is 48.8 Å². The van der Waals surface area contributed by atoms with Gasteiger partial charge in [0.25, 0.3) is 0 Å². The van der Waals surface area contributed by atoms with Gasteiger partial charge in [0.05, 0.1) is 17.8 Å². The lowest BCUT2D eigenvalue weighted by molar-refractivity contribution is -0.137. The Labute approximate surface area is 219 Å². The van der Waals surface area contributed by atoms with Gasteiger partial charge in [-0.1, -0.05) is 55.5 Å². The van der Waals surface area contributed by atoms with Crippen LogP contribution in [0.3, 0.4) is 0 Å². The molecule has 2 aliphatic heterocycles. The van der Waals surface area contributed by atoms with Crippen molar-refractivity contribution < 1.29 is 14.6 Å². The number of carboxylic acid groups (broad SMARTS) is 1. The van der Waals surface area contributed by atoms with Crippen LogP contribution < -0.4 is 15.0 Å². The summed E-state index contributed by atoms with van der Waals surface area (Å²) < 4.78 is 5.94. The lowest BCUT2D eigenvalue weighted by Gasteiger charge is -2.36. The minimum absolute atomic E-state index is 0.0552. The maximum absolute atomic E-state index is 12.0. The number of ether oxygens (including phenoxy) is 1. The molecule has 2 N–H and O–H groups in total. The molecule has 0 spiro atoms. The largest absolute Gasteiger partial charge is 0.492 e. The summed E-state index contributed by atoms with van der Waals surface area (Å²) in [5.41, 5.74) is 7.96. The van der Waals surface area contributed by atoms with Gasteiger partial charge in [-0.2, -0.15) is 0 Å². The van der Waals surface area contributed by atoms with E-state index in [1.54, 1.807) is 0 Å². The van der Waals surface area contributed by atoms with Crippen LogP contribution in [0, 0.1) is 6.92 Å². The van der Waals surface area contributed by atoms with E-state index in [4.69, 9.17) is 4.74 Å². The predicted octanol–water partition coefficient (Wildman–Crippen LogP) is 5.64. The number of fused-ring (bicyclic) bond motifs is 2. The van der Waals surface area contributed by atoms with Crippen LogP contribution in [0.15, 0.2) is 60.7 Å². The third kappa shape index (κ3) is 5.59. The number of hydrogen-bond acceptors (Lipinski definition) is 5. The van der Waals surface area contributed by atoms with Gasteiger partial charge in [-0.05, 0) is 47.7 Å². The molecule has 2 unspecified atom stereocenters. The van der Waals surface area contributed by atoms with Crippen molar-refractivity contribution in [2.75, 3.05) is 37.0 Å². The first-order valence-corrected chi connectivity index (χ1v) is 13.3. The molecule has 0 amide bonds. The van der Waals surface area contributed by atoms with Crippen molar-refractivity contribution in [1.82, 2.24) is 4.90 Å². The summed E-state index contributed by atoms with van der Waals surface area (Å²) in [4.78, 5) is 16.7. The molecular formula is C31H37N3O3. The Hall–Kier alpha value is -3.51. The highest BCUT2D eigenvalue weighted by Gasteiger charge is 2.26. The molecule has 0 saturated heterocycles. The number of aryl methyl sites for hydroxylation is 1. The molecule has 0 aromatic heterocycles. The number of hydrogen-bond donors (Lipinski definition) is 2. The first kappa shape index (κ1) is 25.2. The second-order valence-electron chi connectivity index (χ2n) is 10.4. The van der Waals surface area contributed by atoms with Crippen molar-refractivity contribution in [3.63, 3.8) is 0 Å². The highest BCUT2D eigenvalue weighted by molar-refractivity contribution is 5.78. The third-order valence-corrected chi connectivity index (χ3v) is 7.62. The molecule has 6 nitrogen and oxygen atoms in total. The van der Waals surface area contributed by atoms with Crippen LogP contribution in [0.2, 0.25) is 0 Å². The number of rotatable bonds is 7. The molecule has 5 rings (SSSR count). The zero-order chi connectivity index (χ0) is 25.9. The molecule has 3 aromatic rings. The van der Waals surface area contributed by atoms with Crippen molar-refractivity contribution in [2.45, 2.75) is 51.7 Å². The van der Waals surface area contributed by atoms with E-state index in [0.717, 1.165) is 55.2 Å². The lowest BCUT2D eigenvalue weighted by Crippen LogP contribution is -2.39. The number of benzene rings is 3. The van der Waals surface area contributed by atoms with Crippen molar-refractivity contribution in [2.24, 2.45) is 0 Å². The fourth-order valence-corrected chi connectivity index (χ4v) is 5.83. The second kappa shape index (κ2) is 10.9. The predicted molar refractivity (Wildman–Crippen MR) is 149 cm³/mol. The van der Waals surface area contributed by atoms with Crippen LogP contribution in [0.25, 0.3) is 0 Å². The monoisotopic (exact) mass is 499 g/mol. The van der Waals surface area contributed by atoms with Crippen molar-refractivity contribution in [1.29, 1.82) is 0 Å². The average Bonchev–Trinajstić information content (AvgIpc) is 3.08. The molecule has 0 fully saturated rings. The van der Waals surface area contributed by atoms with Crippen molar-refractivity contribution >= 4 is 17.3 Å². The fourth-order valence-electron chi connectivity index (χ4n) is 5.83.